The van der Waals surface area contributed by atoms with E-state index in [1.807, 2.05) is 0 Å². The monoisotopic (exact) mass is 308 g/mol. The molecular weight excluding hydrogens is 280 g/mol. The molecule has 0 aromatic carbocycles. The molecule has 0 radical (unpaired) electrons. The molecule has 1 aliphatic carbocycles. The third-order valence-corrected chi connectivity index (χ3v) is 5.62. The minimum Gasteiger partial charge on any atom is -0.308 e. The summed E-state index contributed by atoms with van der Waals surface area (Å²) in [5.74, 6) is 0. The second-order valence-electron chi connectivity index (χ2n) is 6.46. The molecule has 1 unspecified atom stereocenters. The van der Waals surface area contributed by atoms with Crippen molar-refractivity contribution in [1.82, 2.24) is 20.1 Å². The molecule has 1 aromatic heterocycles. The molecule has 1 aromatic rings. The molecule has 3 rings (SSSR count). The van der Waals surface area contributed by atoms with E-state index in [1.165, 1.54) is 56.1 Å². The van der Waals surface area contributed by atoms with Gasteiger partial charge < -0.3 is 5.32 Å². The van der Waals surface area contributed by atoms with Crippen molar-refractivity contribution in [2.45, 2.75) is 58.3 Å². The van der Waals surface area contributed by atoms with Gasteiger partial charge in [-0.3, -0.25) is 9.80 Å². The minimum atomic E-state index is 0.728. The standard InChI is InChI=1S/C16H28N4S/c1-3-13(2)20-8-6-19(7-9-20)11-15-12-21-16(18-15)10-17-14-4-5-14/h12-14,17H,3-11H2,1-2H3. The molecule has 1 aliphatic heterocycles. The van der Waals surface area contributed by atoms with Gasteiger partial charge in [0.1, 0.15) is 5.01 Å². The first kappa shape index (κ1) is 15.4. The van der Waals surface area contributed by atoms with Crippen LogP contribution < -0.4 is 5.32 Å². The zero-order chi connectivity index (χ0) is 14.7. The number of thiazole rings is 1. The van der Waals surface area contributed by atoms with E-state index < -0.39 is 0 Å². The minimum absolute atomic E-state index is 0.728. The van der Waals surface area contributed by atoms with Crippen molar-refractivity contribution >= 4 is 11.3 Å². The Morgan fingerprint density at radius 1 is 1.33 bits per heavy atom. The highest BCUT2D eigenvalue weighted by Crippen LogP contribution is 2.20. The Morgan fingerprint density at radius 2 is 2.10 bits per heavy atom. The SMILES string of the molecule is CCC(C)N1CCN(Cc2csc(CNC3CC3)n2)CC1. The summed E-state index contributed by atoms with van der Waals surface area (Å²) in [5, 5.41) is 7.03. The molecule has 0 bridgehead atoms. The normalized spacial score (nSPS) is 22.6. The van der Waals surface area contributed by atoms with E-state index in [1.54, 1.807) is 11.3 Å². The molecule has 1 saturated carbocycles. The molecular formula is C16H28N4S. The van der Waals surface area contributed by atoms with Gasteiger partial charge in [0.25, 0.3) is 0 Å². The van der Waals surface area contributed by atoms with Crippen LogP contribution in [0.2, 0.25) is 0 Å². The van der Waals surface area contributed by atoms with E-state index in [0.29, 0.717) is 0 Å². The van der Waals surface area contributed by atoms with Crippen LogP contribution in [-0.4, -0.2) is 53.0 Å². The average Bonchev–Trinajstić information content (AvgIpc) is 3.25. The van der Waals surface area contributed by atoms with Crippen molar-refractivity contribution in [3.05, 3.63) is 16.1 Å². The van der Waals surface area contributed by atoms with E-state index in [0.717, 1.165) is 25.2 Å². The fraction of sp³-hybridized carbons (Fsp3) is 0.812. The molecule has 4 nitrogen and oxygen atoms in total. The first-order chi connectivity index (χ1) is 10.2. The predicted octanol–water partition coefficient (Wildman–Crippen LogP) is 2.31. The summed E-state index contributed by atoms with van der Waals surface area (Å²) in [5.41, 5.74) is 1.25. The quantitative estimate of drug-likeness (QED) is 0.837. The summed E-state index contributed by atoms with van der Waals surface area (Å²) in [6, 6.07) is 1.50. The number of nitrogens with one attached hydrogen (secondary N) is 1. The fourth-order valence-electron chi connectivity index (χ4n) is 2.87. The smallest absolute Gasteiger partial charge is 0.107 e. The molecule has 1 saturated heterocycles. The van der Waals surface area contributed by atoms with Gasteiger partial charge in [-0.2, -0.15) is 0 Å². The van der Waals surface area contributed by atoms with Crippen molar-refractivity contribution in [2.24, 2.45) is 0 Å². The highest BCUT2D eigenvalue weighted by Gasteiger charge is 2.22. The summed E-state index contributed by atoms with van der Waals surface area (Å²) < 4.78 is 0. The third kappa shape index (κ3) is 4.49. The Bertz CT molecular complexity index is 435. The second-order valence-corrected chi connectivity index (χ2v) is 7.40. The van der Waals surface area contributed by atoms with Crippen LogP contribution in [0.5, 0.6) is 0 Å². The number of hydrogen-bond donors (Lipinski definition) is 1. The molecule has 0 spiro atoms. The first-order valence-electron chi connectivity index (χ1n) is 8.37. The molecule has 118 valence electrons. The molecule has 0 amide bonds. The highest BCUT2D eigenvalue weighted by molar-refractivity contribution is 7.09. The lowest BCUT2D eigenvalue weighted by molar-refractivity contribution is 0.0957. The van der Waals surface area contributed by atoms with Crippen LogP contribution in [0.4, 0.5) is 0 Å². The van der Waals surface area contributed by atoms with Crippen LogP contribution in [0.1, 0.15) is 43.8 Å². The van der Waals surface area contributed by atoms with Gasteiger partial charge >= 0.3 is 0 Å². The molecule has 2 fully saturated rings. The Morgan fingerprint density at radius 3 is 2.76 bits per heavy atom. The lowest BCUT2D eigenvalue weighted by Gasteiger charge is -2.37. The van der Waals surface area contributed by atoms with Gasteiger partial charge in [-0.25, -0.2) is 4.98 Å². The van der Waals surface area contributed by atoms with Crippen LogP contribution in [0, 0.1) is 0 Å². The van der Waals surface area contributed by atoms with E-state index in [-0.39, 0.29) is 0 Å². The molecule has 2 heterocycles. The van der Waals surface area contributed by atoms with Crippen LogP contribution in [0.15, 0.2) is 5.38 Å². The van der Waals surface area contributed by atoms with Crippen molar-refractivity contribution in [3.8, 4) is 0 Å². The molecule has 1 atom stereocenters. The van der Waals surface area contributed by atoms with Gasteiger partial charge in [-0.1, -0.05) is 6.92 Å². The fourth-order valence-corrected chi connectivity index (χ4v) is 3.61. The number of aromatic nitrogens is 1. The lowest BCUT2D eigenvalue weighted by atomic mass is 10.2. The maximum Gasteiger partial charge on any atom is 0.107 e. The van der Waals surface area contributed by atoms with Crippen molar-refractivity contribution in [2.75, 3.05) is 26.2 Å². The van der Waals surface area contributed by atoms with Gasteiger partial charge in [0.2, 0.25) is 0 Å². The van der Waals surface area contributed by atoms with E-state index in [4.69, 9.17) is 4.98 Å². The Hall–Kier alpha value is -0.490. The number of hydrogen-bond acceptors (Lipinski definition) is 5. The lowest BCUT2D eigenvalue weighted by Crippen LogP contribution is -2.49. The number of nitrogens with zero attached hydrogens (tertiary/aromatic N) is 3. The average molecular weight is 308 g/mol. The van der Waals surface area contributed by atoms with E-state index in [2.05, 4.69) is 34.3 Å². The van der Waals surface area contributed by atoms with Crippen LogP contribution >= 0.6 is 11.3 Å². The Balaban J connectivity index is 1.42. The van der Waals surface area contributed by atoms with Crippen molar-refractivity contribution in [3.63, 3.8) is 0 Å². The number of piperazine rings is 1. The van der Waals surface area contributed by atoms with Crippen LogP contribution in [0.3, 0.4) is 0 Å². The first-order valence-corrected chi connectivity index (χ1v) is 9.25. The maximum atomic E-state index is 4.78. The second kappa shape index (κ2) is 7.18. The van der Waals surface area contributed by atoms with Gasteiger partial charge in [0.15, 0.2) is 0 Å². The third-order valence-electron chi connectivity index (χ3n) is 4.73. The topological polar surface area (TPSA) is 31.4 Å². The molecule has 5 heteroatoms. The molecule has 2 aliphatic rings. The zero-order valence-electron chi connectivity index (χ0n) is 13.3. The van der Waals surface area contributed by atoms with Gasteiger partial charge in [0, 0.05) is 56.7 Å². The molecule has 21 heavy (non-hydrogen) atoms. The summed E-state index contributed by atoms with van der Waals surface area (Å²) in [6.07, 6.45) is 3.95. The van der Waals surface area contributed by atoms with Crippen LogP contribution in [-0.2, 0) is 13.1 Å². The van der Waals surface area contributed by atoms with E-state index >= 15 is 0 Å². The van der Waals surface area contributed by atoms with Gasteiger partial charge in [0.05, 0.1) is 5.69 Å². The predicted molar refractivity (Wildman–Crippen MR) is 88.6 cm³/mol. The Kier molecular flexibility index (Phi) is 5.27. The Labute approximate surface area is 132 Å². The summed E-state index contributed by atoms with van der Waals surface area (Å²) in [4.78, 5) is 9.94. The summed E-state index contributed by atoms with van der Waals surface area (Å²) in [7, 11) is 0. The van der Waals surface area contributed by atoms with Gasteiger partial charge in [-0.15, -0.1) is 11.3 Å². The van der Waals surface area contributed by atoms with Gasteiger partial charge in [-0.05, 0) is 26.2 Å². The molecule has 1 N–H and O–H groups in total. The maximum absolute atomic E-state index is 4.78. The highest BCUT2D eigenvalue weighted by atomic mass is 32.1. The van der Waals surface area contributed by atoms with Crippen molar-refractivity contribution in [1.29, 1.82) is 0 Å². The van der Waals surface area contributed by atoms with Crippen molar-refractivity contribution < 1.29 is 0 Å². The summed E-state index contributed by atoms with van der Waals surface area (Å²) >= 11 is 1.81. The van der Waals surface area contributed by atoms with Crippen LogP contribution in [0.25, 0.3) is 0 Å². The number of rotatable bonds is 7. The zero-order valence-corrected chi connectivity index (χ0v) is 14.2. The summed E-state index contributed by atoms with van der Waals surface area (Å²) in [6.45, 7) is 11.4. The largest absolute Gasteiger partial charge is 0.308 e. The van der Waals surface area contributed by atoms with E-state index in [9.17, 15) is 0 Å².